The molecular weight excluding hydrogens is 272 g/mol. The summed E-state index contributed by atoms with van der Waals surface area (Å²) in [7, 11) is 0. The molecule has 3 nitrogen and oxygen atoms in total. The number of carbonyl (C=O) groups excluding carboxylic acids is 1. The Hall–Kier alpha value is -1.35. The molecule has 1 saturated heterocycles. The molecule has 0 bridgehead atoms. The minimum Gasteiger partial charge on any atom is -0.349 e. The van der Waals surface area contributed by atoms with E-state index < -0.39 is 0 Å². The van der Waals surface area contributed by atoms with Crippen LogP contribution in [0.3, 0.4) is 0 Å². The van der Waals surface area contributed by atoms with Crippen LogP contribution in [0.1, 0.15) is 62.4 Å². The van der Waals surface area contributed by atoms with Gasteiger partial charge in [0.15, 0.2) is 0 Å². The molecule has 1 aliphatic rings. The number of carbonyl (C=O) groups is 1. The van der Waals surface area contributed by atoms with Gasteiger partial charge in [-0.05, 0) is 57.2 Å². The van der Waals surface area contributed by atoms with Crippen molar-refractivity contribution in [1.29, 1.82) is 0 Å². The monoisotopic (exact) mass is 302 g/mol. The van der Waals surface area contributed by atoms with Gasteiger partial charge in [-0.15, -0.1) is 0 Å². The minimum absolute atomic E-state index is 0.0741. The van der Waals surface area contributed by atoms with Gasteiger partial charge in [0.2, 0.25) is 0 Å². The summed E-state index contributed by atoms with van der Waals surface area (Å²) in [6.07, 6.45) is 5.63. The molecule has 1 aromatic rings. The van der Waals surface area contributed by atoms with Crippen LogP contribution in [0, 0.1) is 0 Å². The Morgan fingerprint density at radius 2 is 1.86 bits per heavy atom. The van der Waals surface area contributed by atoms with Crippen molar-refractivity contribution in [1.82, 2.24) is 10.2 Å². The van der Waals surface area contributed by atoms with Crippen molar-refractivity contribution in [2.45, 2.75) is 65.0 Å². The first-order valence-electron chi connectivity index (χ1n) is 8.74. The number of piperidine rings is 1. The molecule has 3 heteroatoms. The number of likely N-dealkylation sites (tertiary alicyclic amines) is 1. The number of nitrogens with zero attached hydrogens (tertiary/aromatic N) is 1. The molecule has 0 aromatic heterocycles. The number of hydrogen-bond donors (Lipinski definition) is 1. The van der Waals surface area contributed by atoms with Gasteiger partial charge in [-0.2, -0.15) is 0 Å². The van der Waals surface area contributed by atoms with Gasteiger partial charge in [0, 0.05) is 30.7 Å². The Morgan fingerprint density at radius 1 is 1.23 bits per heavy atom. The maximum absolute atomic E-state index is 12.3. The molecule has 2 rings (SSSR count). The molecule has 1 heterocycles. The zero-order valence-corrected chi connectivity index (χ0v) is 14.3. The van der Waals surface area contributed by atoms with Gasteiger partial charge in [-0.1, -0.05) is 25.5 Å². The Balaban J connectivity index is 1.82. The normalized spacial score (nSPS) is 16.9. The second-order valence-electron chi connectivity index (χ2n) is 6.68. The summed E-state index contributed by atoms with van der Waals surface area (Å²) < 4.78 is 0. The zero-order chi connectivity index (χ0) is 15.9. The first kappa shape index (κ1) is 17.0. The molecule has 1 aromatic carbocycles. The van der Waals surface area contributed by atoms with E-state index in [-0.39, 0.29) is 5.91 Å². The summed E-state index contributed by atoms with van der Waals surface area (Å²) in [6, 6.07) is 9.03. The van der Waals surface area contributed by atoms with Gasteiger partial charge >= 0.3 is 0 Å². The Kier molecular flexibility index (Phi) is 6.44. The highest BCUT2D eigenvalue weighted by Gasteiger charge is 2.22. The second kappa shape index (κ2) is 8.33. The van der Waals surface area contributed by atoms with E-state index in [0.29, 0.717) is 12.1 Å². The minimum atomic E-state index is 0.0741. The highest BCUT2D eigenvalue weighted by Crippen LogP contribution is 2.14. The number of benzene rings is 1. The molecule has 0 atom stereocenters. The van der Waals surface area contributed by atoms with E-state index in [1.54, 1.807) is 0 Å². The van der Waals surface area contributed by atoms with Crippen LogP contribution in [0.15, 0.2) is 24.3 Å². The predicted molar refractivity (Wildman–Crippen MR) is 92.3 cm³/mol. The van der Waals surface area contributed by atoms with E-state index in [0.717, 1.165) is 37.9 Å². The lowest BCUT2D eigenvalue weighted by molar-refractivity contribution is 0.0900. The van der Waals surface area contributed by atoms with Crippen LogP contribution in [0.4, 0.5) is 0 Å². The van der Waals surface area contributed by atoms with Gasteiger partial charge in [-0.3, -0.25) is 4.79 Å². The molecule has 0 unspecified atom stereocenters. The van der Waals surface area contributed by atoms with E-state index in [9.17, 15) is 4.79 Å². The molecular formula is C19H30N2O. The van der Waals surface area contributed by atoms with Crippen molar-refractivity contribution in [3.05, 3.63) is 35.4 Å². The van der Waals surface area contributed by atoms with Gasteiger partial charge < -0.3 is 10.2 Å². The topological polar surface area (TPSA) is 32.3 Å². The molecule has 1 amide bonds. The van der Waals surface area contributed by atoms with Crippen molar-refractivity contribution < 1.29 is 4.79 Å². The molecule has 0 radical (unpaired) electrons. The Morgan fingerprint density at radius 3 is 2.41 bits per heavy atom. The molecule has 1 N–H and O–H groups in total. The van der Waals surface area contributed by atoms with E-state index in [2.05, 4.69) is 43.1 Å². The molecule has 1 aliphatic heterocycles. The van der Waals surface area contributed by atoms with Crippen molar-refractivity contribution in [2.75, 3.05) is 13.1 Å². The SMILES string of the molecule is CCCCc1ccc(C(=O)NC2CCN(C(C)C)CC2)cc1. The summed E-state index contributed by atoms with van der Waals surface area (Å²) >= 11 is 0. The van der Waals surface area contributed by atoms with Crippen molar-refractivity contribution in [3.8, 4) is 0 Å². The fourth-order valence-electron chi connectivity index (χ4n) is 3.03. The number of aryl methyl sites for hydroxylation is 1. The number of hydrogen-bond acceptors (Lipinski definition) is 2. The summed E-state index contributed by atoms with van der Waals surface area (Å²) in [4.78, 5) is 14.8. The molecule has 0 spiro atoms. The van der Waals surface area contributed by atoms with Crippen LogP contribution < -0.4 is 5.32 Å². The van der Waals surface area contributed by atoms with Crippen LogP contribution in [0.2, 0.25) is 0 Å². The molecule has 22 heavy (non-hydrogen) atoms. The van der Waals surface area contributed by atoms with E-state index in [1.165, 1.54) is 18.4 Å². The van der Waals surface area contributed by atoms with Crippen LogP contribution in [0.25, 0.3) is 0 Å². The molecule has 0 saturated carbocycles. The predicted octanol–water partition coefficient (Wildman–Crippen LogP) is 3.63. The van der Waals surface area contributed by atoms with Crippen LogP contribution in [0.5, 0.6) is 0 Å². The summed E-state index contributed by atoms with van der Waals surface area (Å²) in [5.41, 5.74) is 2.11. The number of amides is 1. The summed E-state index contributed by atoms with van der Waals surface area (Å²) in [5, 5.41) is 3.19. The highest BCUT2D eigenvalue weighted by molar-refractivity contribution is 5.94. The maximum Gasteiger partial charge on any atom is 0.251 e. The van der Waals surface area contributed by atoms with E-state index >= 15 is 0 Å². The van der Waals surface area contributed by atoms with Gasteiger partial charge in [0.05, 0.1) is 0 Å². The van der Waals surface area contributed by atoms with Crippen molar-refractivity contribution >= 4 is 5.91 Å². The quantitative estimate of drug-likeness (QED) is 0.870. The molecule has 122 valence electrons. The maximum atomic E-state index is 12.3. The van der Waals surface area contributed by atoms with Crippen molar-refractivity contribution in [2.24, 2.45) is 0 Å². The van der Waals surface area contributed by atoms with Crippen LogP contribution in [-0.2, 0) is 6.42 Å². The van der Waals surface area contributed by atoms with Crippen LogP contribution >= 0.6 is 0 Å². The zero-order valence-electron chi connectivity index (χ0n) is 14.3. The average Bonchev–Trinajstić information content (AvgIpc) is 2.54. The third-order valence-electron chi connectivity index (χ3n) is 4.63. The number of nitrogens with one attached hydrogen (secondary N) is 1. The van der Waals surface area contributed by atoms with Gasteiger partial charge in [-0.25, -0.2) is 0 Å². The summed E-state index contributed by atoms with van der Waals surface area (Å²) in [5.74, 6) is 0.0741. The standard InChI is InChI=1S/C19H30N2O/c1-4-5-6-16-7-9-17(10-8-16)19(22)20-18-11-13-21(14-12-18)15(2)3/h7-10,15,18H,4-6,11-14H2,1-3H3,(H,20,22). The fourth-order valence-corrected chi connectivity index (χ4v) is 3.03. The average molecular weight is 302 g/mol. The Labute approximate surface area is 135 Å². The largest absolute Gasteiger partial charge is 0.349 e. The summed E-state index contributed by atoms with van der Waals surface area (Å²) in [6.45, 7) is 8.83. The molecule has 1 fully saturated rings. The Bertz CT molecular complexity index is 459. The number of unbranched alkanes of at least 4 members (excludes halogenated alkanes) is 1. The van der Waals surface area contributed by atoms with Gasteiger partial charge in [0.25, 0.3) is 5.91 Å². The van der Waals surface area contributed by atoms with E-state index in [4.69, 9.17) is 0 Å². The third kappa shape index (κ3) is 4.84. The van der Waals surface area contributed by atoms with Crippen molar-refractivity contribution in [3.63, 3.8) is 0 Å². The van der Waals surface area contributed by atoms with Crippen LogP contribution in [-0.4, -0.2) is 36.0 Å². The third-order valence-corrected chi connectivity index (χ3v) is 4.63. The fraction of sp³-hybridized carbons (Fsp3) is 0.632. The smallest absolute Gasteiger partial charge is 0.251 e. The van der Waals surface area contributed by atoms with Gasteiger partial charge in [0.1, 0.15) is 0 Å². The number of rotatable bonds is 6. The second-order valence-corrected chi connectivity index (χ2v) is 6.68. The highest BCUT2D eigenvalue weighted by atomic mass is 16.1. The lowest BCUT2D eigenvalue weighted by atomic mass is 10.0. The first-order chi connectivity index (χ1) is 10.6. The first-order valence-corrected chi connectivity index (χ1v) is 8.74. The molecule has 0 aliphatic carbocycles. The lowest BCUT2D eigenvalue weighted by Crippen LogP contribution is -2.46. The van der Waals surface area contributed by atoms with E-state index in [1.807, 2.05) is 12.1 Å². The lowest BCUT2D eigenvalue weighted by Gasteiger charge is -2.34.